The van der Waals surface area contributed by atoms with Gasteiger partial charge in [-0.3, -0.25) is 4.79 Å². The largest absolute Gasteiger partial charge is 0.409 e. The summed E-state index contributed by atoms with van der Waals surface area (Å²) in [6.07, 6.45) is 6.98. The number of nitrogens with zero attached hydrogens (tertiary/aromatic N) is 1. The molecule has 0 aromatic carbocycles. The van der Waals surface area contributed by atoms with Crippen molar-refractivity contribution in [3.8, 4) is 0 Å². The molecule has 17 heavy (non-hydrogen) atoms. The Morgan fingerprint density at radius 3 is 2.65 bits per heavy atom. The van der Waals surface area contributed by atoms with Crippen molar-refractivity contribution in [1.29, 1.82) is 0 Å². The first-order valence-corrected chi connectivity index (χ1v) is 6.46. The van der Waals surface area contributed by atoms with Crippen molar-refractivity contribution in [3.05, 3.63) is 0 Å². The van der Waals surface area contributed by atoms with Crippen LogP contribution in [0.3, 0.4) is 0 Å². The third kappa shape index (κ3) is 4.24. The van der Waals surface area contributed by atoms with Gasteiger partial charge < -0.3 is 16.3 Å². The summed E-state index contributed by atoms with van der Waals surface area (Å²) in [6, 6.07) is -0.334. The molecule has 0 aromatic heterocycles. The van der Waals surface area contributed by atoms with E-state index >= 15 is 0 Å². The molecule has 5 nitrogen and oxygen atoms in total. The molecule has 0 spiro atoms. The highest BCUT2D eigenvalue weighted by atomic mass is 16.4. The molecule has 0 bridgehead atoms. The van der Waals surface area contributed by atoms with Crippen molar-refractivity contribution in [2.75, 3.05) is 0 Å². The fourth-order valence-electron chi connectivity index (χ4n) is 2.31. The highest BCUT2D eigenvalue weighted by Gasteiger charge is 2.24. The van der Waals surface area contributed by atoms with Gasteiger partial charge in [0, 0.05) is 5.92 Å². The van der Waals surface area contributed by atoms with E-state index in [-0.39, 0.29) is 23.7 Å². The maximum atomic E-state index is 12.0. The van der Waals surface area contributed by atoms with Crippen LogP contribution in [0.2, 0.25) is 0 Å². The van der Waals surface area contributed by atoms with Gasteiger partial charge in [0.15, 0.2) is 5.84 Å². The van der Waals surface area contributed by atoms with Gasteiger partial charge in [-0.1, -0.05) is 37.8 Å². The number of hydrogen-bond acceptors (Lipinski definition) is 3. The van der Waals surface area contributed by atoms with Crippen LogP contribution in [-0.2, 0) is 4.79 Å². The van der Waals surface area contributed by atoms with Gasteiger partial charge in [0.2, 0.25) is 5.91 Å². The van der Waals surface area contributed by atoms with Crippen LogP contribution in [-0.4, -0.2) is 23.0 Å². The van der Waals surface area contributed by atoms with Crippen LogP contribution in [0.5, 0.6) is 0 Å². The SMILES string of the molecule is CCCC(NC(=O)C1CCCCC1)/C(N)=N/O. The summed E-state index contributed by atoms with van der Waals surface area (Å²) in [7, 11) is 0. The molecule has 98 valence electrons. The second-order valence-electron chi connectivity index (χ2n) is 4.71. The Morgan fingerprint density at radius 1 is 1.47 bits per heavy atom. The molecule has 1 saturated carbocycles. The van der Waals surface area contributed by atoms with E-state index in [0.717, 1.165) is 32.1 Å². The average Bonchev–Trinajstić information content (AvgIpc) is 2.38. The third-order valence-electron chi connectivity index (χ3n) is 3.34. The predicted molar refractivity (Wildman–Crippen MR) is 66.8 cm³/mol. The number of hydrogen-bond donors (Lipinski definition) is 3. The maximum absolute atomic E-state index is 12.0. The standard InChI is InChI=1S/C12H23N3O2/c1-2-6-10(11(13)15-17)14-12(16)9-7-4-3-5-8-9/h9-10,17H,2-8H2,1H3,(H2,13,15)(H,14,16). The summed E-state index contributed by atoms with van der Waals surface area (Å²) in [5.74, 6) is 0.250. The number of amides is 1. The van der Waals surface area contributed by atoms with Gasteiger partial charge in [-0.15, -0.1) is 0 Å². The van der Waals surface area contributed by atoms with Gasteiger partial charge in [0.25, 0.3) is 0 Å². The predicted octanol–water partition coefficient (Wildman–Crippen LogP) is 1.60. The van der Waals surface area contributed by atoms with Gasteiger partial charge in [0.05, 0.1) is 6.04 Å². The third-order valence-corrected chi connectivity index (χ3v) is 3.34. The molecule has 0 aromatic rings. The fraction of sp³-hybridized carbons (Fsp3) is 0.833. The van der Waals surface area contributed by atoms with E-state index in [2.05, 4.69) is 10.5 Å². The summed E-state index contributed by atoms with van der Waals surface area (Å²) < 4.78 is 0. The minimum atomic E-state index is -0.334. The summed E-state index contributed by atoms with van der Waals surface area (Å²) in [6.45, 7) is 2.00. The minimum Gasteiger partial charge on any atom is -0.409 e. The summed E-state index contributed by atoms with van der Waals surface area (Å²) in [5.41, 5.74) is 5.57. The van der Waals surface area contributed by atoms with Gasteiger partial charge in [0.1, 0.15) is 0 Å². The summed E-state index contributed by atoms with van der Waals surface area (Å²) >= 11 is 0. The molecule has 1 atom stereocenters. The first-order valence-electron chi connectivity index (χ1n) is 6.46. The highest BCUT2D eigenvalue weighted by Crippen LogP contribution is 2.23. The molecule has 0 radical (unpaired) electrons. The summed E-state index contributed by atoms with van der Waals surface area (Å²) in [5, 5.41) is 14.5. The smallest absolute Gasteiger partial charge is 0.223 e. The minimum absolute atomic E-state index is 0.0507. The zero-order valence-electron chi connectivity index (χ0n) is 10.5. The van der Waals surface area contributed by atoms with Crippen LogP contribution in [0.1, 0.15) is 51.9 Å². The van der Waals surface area contributed by atoms with Crippen molar-refractivity contribution < 1.29 is 10.0 Å². The number of rotatable bonds is 5. The number of carbonyl (C=O) groups is 1. The summed E-state index contributed by atoms with van der Waals surface area (Å²) in [4.78, 5) is 12.0. The van der Waals surface area contributed by atoms with E-state index in [0.29, 0.717) is 6.42 Å². The number of carbonyl (C=O) groups excluding carboxylic acids is 1. The Morgan fingerprint density at radius 2 is 2.12 bits per heavy atom. The van der Waals surface area contributed by atoms with Gasteiger partial charge >= 0.3 is 0 Å². The molecule has 1 aliphatic carbocycles. The Labute approximate surface area is 102 Å². The number of nitrogens with one attached hydrogen (secondary N) is 1. The van der Waals surface area contributed by atoms with E-state index in [1.807, 2.05) is 6.92 Å². The Balaban J connectivity index is 2.50. The van der Waals surface area contributed by atoms with Crippen LogP contribution in [0.15, 0.2) is 5.16 Å². The molecule has 1 rings (SSSR count). The number of amidine groups is 1. The molecular weight excluding hydrogens is 218 g/mol. The van der Waals surface area contributed by atoms with Crippen LogP contribution in [0, 0.1) is 5.92 Å². The lowest BCUT2D eigenvalue weighted by Gasteiger charge is -2.24. The van der Waals surface area contributed by atoms with Gasteiger partial charge in [-0.05, 0) is 19.3 Å². The zero-order chi connectivity index (χ0) is 12.7. The monoisotopic (exact) mass is 241 g/mol. The molecule has 0 saturated heterocycles. The van der Waals surface area contributed by atoms with E-state index in [9.17, 15) is 4.79 Å². The average molecular weight is 241 g/mol. The molecular formula is C12H23N3O2. The maximum Gasteiger partial charge on any atom is 0.223 e. The topological polar surface area (TPSA) is 87.7 Å². The molecule has 1 aliphatic rings. The van der Waals surface area contributed by atoms with E-state index < -0.39 is 0 Å². The Kier molecular flexibility index (Phi) is 5.80. The van der Waals surface area contributed by atoms with Crippen molar-refractivity contribution in [1.82, 2.24) is 5.32 Å². The molecule has 1 fully saturated rings. The Bertz CT molecular complexity index is 273. The van der Waals surface area contributed by atoms with Crippen molar-refractivity contribution in [2.24, 2.45) is 16.8 Å². The quantitative estimate of drug-likeness (QED) is 0.296. The lowest BCUT2D eigenvalue weighted by atomic mass is 9.88. The van der Waals surface area contributed by atoms with Gasteiger partial charge in [-0.2, -0.15) is 0 Å². The van der Waals surface area contributed by atoms with Crippen molar-refractivity contribution in [3.63, 3.8) is 0 Å². The van der Waals surface area contributed by atoms with Gasteiger partial charge in [-0.25, -0.2) is 0 Å². The molecule has 4 N–H and O–H groups in total. The van der Waals surface area contributed by atoms with E-state index in [1.165, 1.54) is 6.42 Å². The molecule has 1 amide bonds. The number of nitrogens with two attached hydrogens (primary N) is 1. The van der Waals surface area contributed by atoms with Crippen LogP contribution < -0.4 is 11.1 Å². The van der Waals surface area contributed by atoms with Crippen LogP contribution in [0.25, 0.3) is 0 Å². The fourth-order valence-corrected chi connectivity index (χ4v) is 2.31. The molecule has 1 unspecified atom stereocenters. The Hall–Kier alpha value is -1.26. The lowest BCUT2D eigenvalue weighted by molar-refractivity contribution is -0.126. The molecule has 0 heterocycles. The second-order valence-corrected chi connectivity index (χ2v) is 4.71. The second kappa shape index (κ2) is 7.14. The van der Waals surface area contributed by atoms with Crippen molar-refractivity contribution in [2.45, 2.75) is 57.9 Å². The lowest BCUT2D eigenvalue weighted by Crippen LogP contribution is -2.46. The number of oxime groups is 1. The first kappa shape index (κ1) is 13.8. The molecule has 0 aliphatic heterocycles. The first-order chi connectivity index (χ1) is 8.19. The molecule has 5 heteroatoms. The highest BCUT2D eigenvalue weighted by molar-refractivity contribution is 5.90. The van der Waals surface area contributed by atoms with Crippen LogP contribution >= 0.6 is 0 Å². The zero-order valence-corrected chi connectivity index (χ0v) is 10.5. The van der Waals surface area contributed by atoms with E-state index in [1.54, 1.807) is 0 Å². The normalized spacial score (nSPS) is 19.9. The van der Waals surface area contributed by atoms with Crippen molar-refractivity contribution >= 4 is 11.7 Å². The van der Waals surface area contributed by atoms with E-state index in [4.69, 9.17) is 10.9 Å². The van der Waals surface area contributed by atoms with Crippen LogP contribution in [0.4, 0.5) is 0 Å².